The second kappa shape index (κ2) is 7.28. The zero-order valence-electron chi connectivity index (χ0n) is 13.4. The number of benzene rings is 1. The molecule has 3 heteroatoms. The zero-order chi connectivity index (χ0) is 14.5. The van der Waals surface area contributed by atoms with Gasteiger partial charge in [-0.15, -0.1) is 0 Å². The lowest BCUT2D eigenvalue weighted by atomic mass is 9.96. The Balaban J connectivity index is 1.59. The van der Waals surface area contributed by atoms with Crippen LogP contribution in [0.2, 0.25) is 0 Å². The molecule has 116 valence electrons. The van der Waals surface area contributed by atoms with E-state index in [2.05, 4.69) is 46.3 Å². The molecule has 2 heterocycles. The van der Waals surface area contributed by atoms with Crippen LogP contribution in [0.5, 0.6) is 0 Å². The fourth-order valence-corrected chi connectivity index (χ4v) is 3.81. The molecule has 1 aromatic rings. The van der Waals surface area contributed by atoms with Crippen molar-refractivity contribution in [1.29, 1.82) is 0 Å². The lowest BCUT2D eigenvalue weighted by Crippen LogP contribution is -2.37. The van der Waals surface area contributed by atoms with Crippen LogP contribution in [0.4, 0.5) is 5.69 Å². The maximum Gasteiger partial charge on any atom is 0.0414 e. The van der Waals surface area contributed by atoms with Crippen molar-refractivity contribution in [1.82, 2.24) is 10.2 Å². The summed E-state index contributed by atoms with van der Waals surface area (Å²) in [6.07, 6.45) is 5.32. The molecule has 1 N–H and O–H groups in total. The highest BCUT2D eigenvalue weighted by atomic mass is 15.2. The van der Waals surface area contributed by atoms with Crippen LogP contribution in [0.1, 0.15) is 44.2 Å². The van der Waals surface area contributed by atoms with E-state index in [1.807, 2.05) is 0 Å². The van der Waals surface area contributed by atoms with E-state index in [1.165, 1.54) is 69.7 Å². The van der Waals surface area contributed by atoms with Crippen molar-refractivity contribution in [2.24, 2.45) is 0 Å². The minimum absolute atomic E-state index is 0.543. The average Bonchev–Trinajstić information content (AvgIpc) is 3.03. The van der Waals surface area contributed by atoms with Crippen molar-refractivity contribution in [3.05, 3.63) is 29.8 Å². The smallest absolute Gasteiger partial charge is 0.0414 e. The molecule has 1 fully saturated rings. The fraction of sp³-hybridized carbons (Fsp3) is 0.667. The molecule has 0 amide bonds. The van der Waals surface area contributed by atoms with E-state index in [1.54, 1.807) is 0 Å². The van der Waals surface area contributed by atoms with Crippen LogP contribution < -0.4 is 10.2 Å². The Hall–Kier alpha value is -1.06. The average molecular weight is 287 g/mol. The van der Waals surface area contributed by atoms with Gasteiger partial charge in [0.15, 0.2) is 0 Å². The van der Waals surface area contributed by atoms with E-state index >= 15 is 0 Å². The monoisotopic (exact) mass is 287 g/mol. The number of nitrogens with one attached hydrogen (secondary N) is 1. The first-order valence-corrected chi connectivity index (χ1v) is 8.68. The standard InChI is InChI=1S/C18H29N3/c1-2-19-17-10-15-21(18-9-4-3-8-16(17)18)14-7-13-20-11-5-6-12-20/h3-4,8-9,17,19H,2,5-7,10-15H2,1H3. The first-order chi connectivity index (χ1) is 10.4. The third-order valence-corrected chi connectivity index (χ3v) is 4.89. The van der Waals surface area contributed by atoms with Gasteiger partial charge in [0, 0.05) is 24.8 Å². The van der Waals surface area contributed by atoms with Crippen molar-refractivity contribution in [3.8, 4) is 0 Å². The molecule has 2 aliphatic rings. The first-order valence-electron chi connectivity index (χ1n) is 8.68. The van der Waals surface area contributed by atoms with E-state index in [4.69, 9.17) is 0 Å². The minimum atomic E-state index is 0.543. The van der Waals surface area contributed by atoms with Gasteiger partial charge in [-0.05, 0) is 63.5 Å². The molecule has 3 nitrogen and oxygen atoms in total. The summed E-state index contributed by atoms with van der Waals surface area (Å²) in [5.41, 5.74) is 2.95. The van der Waals surface area contributed by atoms with Gasteiger partial charge in [0.25, 0.3) is 0 Å². The normalized spacial score (nSPS) is 22.5. The van der Waals surface area contributed by atoms with Crippen molar-refractivity contribution in [2.75, 3.05) is 44.2 Å². The van der Waals surface area contributed by atoms with Crippen molar-refractivity contribution in [2.45, 2.75) is 38.6 Å². The molecule has 1 unspecified atom stereocenters. The number of fused-ring (bicyclic) bond motifs is 1. The van der Waals surface area contributed by atoms with Crippen LogP contribution in [0.3, 0.4) is 0 Å². The van der Waals surface area contributed by atoms with Gasteiger partial charge in [0.05, 0.1) is 0 Å². The lowest BCUT2D eigenvalue weighted by molar-refractivity contribution is 0.333. The Morgan fingerprint density at radius 3 is 2.71 bits per heavy atom. The Morgan fingerprint density at radius 2 is 1.90 bits per heavy atom. The van der Waals surface area contributed by atoms with E-state index in [9.17, 15) is 0 Å². The number of hydrogen-bond donors (Lipinski definition) is 1. The summed E-state index contributed by atoms with van der Waals surface area (Å²) >= 11 is 0. The summed E-state index contributed by atoms with van der Waals surface area (Å²) in [5.74, 6) is 0. The van der Waals surface area contributed by atoms with Crippen molar-refractivity contribution < 1.29 is 0 Å². The summed E-state index contributed by atoms with van der Waals surface area (Å²) in [5, 5.41) is 3.63. The van der Waals surface area contributed by atoms with Gasteiger partial charge >= 0.3 is 0 Å². The Labute approximate surface area is 129 Å². The van der Waals surface area contributed by atoms with Crippen molar-refractivity contribution >= 4 is 5.69 Å². The largest absolute Gasteiger partial charge is 0.371 e. The van der Waals surface area contributed by atoms with Crippen molar-refractivity contribution in [3.63, 3.8) is 0 Å². The molecule has 3 rings (SSSR count). The molecule has 0 bridgehead atoms. The summed E-state index contributed by atoms with van der Waals surface area (Å²) in [7, 11) is 0. The molecule has 21 heavy (non-hydrogen) atoms. The molecule has 1 aromatic carbocycles. The number of anilines is 1. The van der Waals surface area contributed by atoms with E-state index in [0.717, 1.165) is 6.54 Å². The second-order valence-electron chi connectivity index (χ2n) is 6.35. The molecule has 0 aliphatic carbocycles. The fourth-order valence-electron chi connectivity index (χ4n) is 3.81. The molecule has 0 spiro atoms. The summed E-state index contributed by atoms with van der Waals surface area (Å²) in [6, 6.07) is 9.50. The molecule has 1 saturated heterocycles. The Morgan fingerprint density at radius 1 is 1.10 bits per heavy atom. The SMILES string of the molecule is CCNC1CCN(CCCN2CCCC2)c2ccccc21. The predicted octanol–water partition coefficient (Wildman–Crippen LogP) is 3.03. The van der Waals surface area contributed by atoms with Crippen LogP contribution in [0, 0.1) is 0 Å². The van der Waals surface area contributed by atoms with Crippen LogP contribution in [-0.2, 0) is 0 Å². The first kappa shape index (κ1) is 14.9. The van der Waals surface area contributed by atoms with Gasteiger partial charge < -0.3 is 15.1 Å². The van der Waals surface area contributed by atoms with Gasteiger partial charge in [0.1, 0.15) is 0 Å². The Kier molecular flexibility index (Phi) is 5.15. The third-order valence-electron chi connectivity index (χ3n) is 4.89. The summed E-state index contributed by atoms with van der Waals surface area (Å²) < 4.78 is 0. The number of hydrogen-bond acceptors (Lipinski definition) is 3. The zero-order valence-corrected chi connectivity index (χ0v) is 13.4. The highest BCUT2D eigenvalue weighted by molar-refractivity contribution is 5.56. The maximum absolute atomic E-state index is 3.63. The number of rotatable bonds is 6. The Bertz CT molecular complexity index is 440. The van der Waals surface area contributed by atoms with E-state index in [-0.39, 0.29) is 0 Å². The third kappa shape index (κ3) is 3.58. The van der Waals surface area contributed by atoms with Crippen LogP contribution >= 0.6 is 0 Å². The highest BCUT2D eigenvalue weighted by Gasteiger charge is 2.23. The predicted molar refractivity (Wildman–Crippen MR) is 90.0 cm³/mol. The number of likely N-dealkylation sites (tertiary alicyclic amines) is 1. The quantitative estimate of drug-likeness (QED) is 0.867. The molecule has 0 saturated carbocycles. The van der Waals surface area contributed by atoms with Crippen LogP contribution in [0.25, 0.3) is 0 Å². The summed E-state index contributed by atoms with van der Waals surface area (Å²) in [4.78, 5) is 5.22. The molecular weight excluding hydrogens is 258 g/mol. The lowest BCUT2D eigenvalue weighted by Gasteiger charge is -2.36. The van der Waals surface area contributed by atoms with Gasteiger partial charge in [0.2, 0.25) is 0 Å². The second-order valence-corrected chi connectivity index (χ2v) is 6.35. The molecule has 0 radical (unpaired) electrons. The van der Waals surface area contributed by atoms with E-state index in [0.29, 0.717) is 6.04 Å². The van der Waals surface area contributed by atoms with Gasteiger partial charge in [-0.1, -0.05) is 25.1 Å². The summed E-state index contributed by atoms with van der Waals surface area (Å²) in [6.45, 7) is 9.55. The number of para-hydroxylation sites is 1. The van der Waals surface area contributed by atoms with Gasteiger partial charge in [-0.25, -0.2) is 0 Å². The maximum atomic E-state index is 3.63. The molecule has 2 aliphatic heterocycles. The van der Waals surface area contributed by atoms with Crippen LogP contribution in [0.15, 0.2) is 24.3 Å². The topological polar surface area (TPSA) is 18.5 Å². The molecule has 0 aromatic heterocycles. The highest BCUT2D eigenvalue weighted by Crippen LogP contribution is 2.33. The number of nitrogens with zero attached hydrogens (tertiary/aromatic N) is 2. The minimum Gasteiger partial charge on any atom is -0.371 e. The van der Waals surface area contributed by atoms with E-state index < -0.39 is 0 Å². The van der Waals surface area contributed by atoms with Gasteiger partial charge in [-0.3, -0.25) is 0 Å². The molecular formula is C18H29N3. The van der Waals surface area contributed by atoms with Gasteiger partial charge in [-0.2, -0.15) is 0 Å². The molecule has 1 atom stereocenters. The van der Waals surface area contributed by atoms with Crippen LogP contribution in [-0.4, -0.2) is 44.2 Å².